The van der Waals surface area contributed by atoms with Gasteiger partial charge in [-0.3, -0.25) is 10.1 Å². The molecule has 0 spiro atoms. The first kappa shape index (κ1) is 13.4. The van der Waals surface area contributed by atoms with Gasteiger partial charge in [0.2, 0.25) is 5.75 Å². The van der Waals surface area contributed by atoms with Gasteiger partial charge in [0, 0.05) is 6.07 Å². The molecule has 0 aromatic heterocycles. The molecule has 0 fully saturated rings. The van der Waals surface area contributed by atoms with Crippen LogP contribution in [0.2, 0.25) is 0 Å². The lowest BCUT2D eigenvalue weighted by Gasteiger charge is -2.09. The van der Waals surface area contributed by atoms with Crippen molar-refractivity contribution in [1.29, 1.82) is 0 Å². The maximum absolute atomic E-state index is 13.2. The Labute approximate surface area is 98.6 Å². The number of halogens is 1. The Bertz CT molecular complexity index is 421. The normalized spacial score (nSPS) is 10.8. The Kier molecular flexibility index (Phi) is 4.39. The van der Waals surface area contributed by atoms with Crippen LogP contribution in [0, 0.1) is 15.9 Å². The number of hydrogen-bond acceptors (Lipinski definition) is 4. The minimum atomic E-state index is -0.945. The zero-order chi connectivity index (χ0) is 13.0. The van der Waals surface area contributed by atoms with Gasteiger partial charge in [-0.05, 0) is 45.1 Å². The van der Waals surface area contributed by atoms with Gasteiger partial charge in [0.05, 0.1) is 4.92 Å². The summed E-state index contributed by atoms with van der Waals surface area (Å²) in [6.07, 6.45) is 1.31. The van der Waals surface area contributed by atoms with Crippen molar-refractivity contribution in [3.63, 3.8) is 0 Å². The van der Waals surface area contributed by atoms with Crippen molar-refractivity contribution in [1.82, 2.24) is 4.90 Å². The van der Waals surface area contributed by atoms with Crippen LogP contribution in [0.3, 0.4) is 0 Å². The third-order valence-corrected chi connectivity index (χ3v) is 2.37. The second kappa shape index (κ2) is 5.58. The van der Waals surface area contributed by atoms with Crippen LogP contribution in [-0.4, -0.2) is 35.6 Å². The summed E-state index contributed by atoms with van der Waals surface area (Å²) in [5.74, 6) is -1.84. The number of benzene rings is 1. The van der Waals surface area contributed by atoms with Crippen LogP contribution >= 0.6 is 0 Å². The number of phenolic OH excluding ortho intramolecular Hbond substituents is 1. The van der Waals surface area contributed by atoms with Gasteiger partial charge in [0.15, 0.2) is 5.82 Å². The summed E-state index contributed by atoms with van der Waals surface area (Å²) in [4.78, 5) is 11.8. The van der Waals surface area contributed by atoms with E-state index in [9.17, 15) is 19.6 Å². The van der Waals surface area contributed by atoms with Gasteiger partial charge in [-0.15, -0.1) is 0 Å². The molecular formula is C11H15FN2O3. The topological polar surface area (TPSA) is 66.6 Å². The van der Waals surface area contributed by atoms with E-state index in [2.05, 4.69) is 0 Å². The standard InChI is InChI=1S/C11H15FN2O3/c1-13(2)5-3-4-8-6-9(12)11(15)10(7-8)14(16)17/h6-7,15H,3-5H2,1-2H3. The molecule has 0 unspecified atom stereocenters. The summed E-state index contributed by atoms with van der Waals surface area (Å²) in [7, 11) is 3.83. The van der Waals surface area contributed by atoms with Gasteiger partial charge in [-0.2, -0.15) is 0 Å². The number of nitro benzene ring substituents is 1. The highest BCUT2D eigenvalue weighted by Crippen LogP contribution is 2.30. The number of hydrogen-bond donors (Lipinski definition) is 1. The number of nitrogens with zero attached hydrogens (tertiary/aromatic N) is 2. The van der Waals surface area contributed by atoms with E-state index in [4.69, 9.17) is 0 Å². The summed E-state index contributed by atoms with van der Waals surface area (Å²) in [6.45, 7) is 0.816. The van der Waals surface area contributed by atoms with Crippen molar-refractivity contribution in [3.05, 3.63) is 33.6 Å². The number of rotatable bonds is 5. The maximum atomic E-state index is 13.2. The Morgan fingerprint density at radius 2 is 2.12 bits per heavy atom. The van der Waals surface area contributed by atoms with E-state index in [-0.39, 0.29) is 0 Å². The van der Waals surface area contributed by atoms with Crippen molar-refractivity contribution >= 4 is 5.69 Å². The molecule has 0 atom stereocenters. The lowest BCUT2D eigenvalue weighted by molar-refractivity contribution is -0.386. The summed E-state index contributed by atoms with van der Waals surface area (Å²) in [5, 5.41) is 19.8. The fourth-order valence-corrected chi connectivity index (χ4v) is 1.52. The van der Waals surface area contributed by atoms with Gasteiger partial charge in [-0.25, -0.2) is 4.39 Å². The molecule has 5 nitrogen and oxygen atoms in total. The van der Waals surface area contributed by atoms with E-state index < -0.39 is 22.2 Å². The number of phenols is 1. The Morgan fingerprint density at radius 1 is 1.47 bits per heavy atom. The molecule has 0 amide bonds. The fourth-order valence-electron chi connectivity index (χ4n) is 1.52. The average Bonchev–Trinajstić information content (AvgIpc) is 2.22. The van der Waals surface area contributed by atoms with E-state index >= 15 is 0 Å². The monoisotopic (exact) mass is 242 g/mol. The van der Waals surface area contributed by atoms with Crippen molar-refractivity contribution in [2.24, 2.45) is 0 Å². The van der Waals surface area contributed by atoms with Crippen LogP contribution in [0.4, 0.5) is 10.1 Å². The van der Waals surface area contributed by atoms with E-state index in [0.717, 1.165) is 19.0 Å². The van der Waals surface area contributed by atoms with E-state index in [1.54, 1.807) is 0 Å². The molecule has 0 aliphatic carbocycles. The summed E-state index contributed by atoms with van der Waals surface area (Å²) in [6, 6.07) is 2.35. The molecule has 1 aromatic carbocycles. The molecule has 1 N–H and O–H groups in total. The molecule has 0 saturated heterocycles. The predicted molar refractivity (Wildman–Crippen MR) is 61.6 cm³/mol. The largest absolute Gasteiger partial charge is 0.500 e. The molecule has 0 radical (unpaired) electrons. The van der Waals surface area contributed by atoms with Crippen molar-refractivity contribution < 1.29 is 14.4 Å². The molecule has 1 aromatic rings. The smallest absolute Gasteiger partial charge is 0.314 e. The second-order valence-corrected chi connectivity index (χ2v) is 4.11. The van der Waals surface area contributed by atoms with Crippen LogP contribution in [0.5, 0.6) is 5.75 Å². The zero-order valence-electron chi connectivity index (χ0n) is 9.81. The summed E-state index contributed by atoms with van der Waals surface area (Å²) in [5.41, 5.74) is -0.0568. The molecule has 1 rings (SSSR count). The van der Waals surface area contributed by atoms with Crippen molar-refractivity contribution in [3.8, 4) is 5.75 Å². The fraction of sp³-hybridized carbons (Fsp3) is 0.455. The van der Waals surface area contributed by atoms with Gasteiger partial charge in [-0.1, -0.05) is 0 Å². The minimum Gasteiger partial charge on any atom is -0.500 e. The minimum absolute atomic E-state index is 0.522. The highest BCUT2D eigenvalue weighted by atomic mass is 19.1. The molecule has 94 valence electrons. The lowest BCUT2D eigenvalue weighted by Crippen LogP contribution is -2.13. The van der Waals surface area contributed by atoms with E-state index in [1.165, 1.54) is 6.07 Å². The molecular weight excluding hydrogens is 227 g/mol. The van der Waals surface area contributed by atoms with Crippen LogP contribution in [0.15, 0.2) is 12.1 Å². The predicted octanol–water partition coefficient (Wildman–Crippen LogP) is 1.93. The molecule has 17 heavy (non-hydrogen) atoms. The average molecular weight is 242 g/mol. The van der Waals surface area contributed by atoms with Crippen LogP contribution < -0.4 is 0 Å². The van der Waals surface area contributed by atoms with Gasteiger partial charge >= 0.3 is 5.69 Å². The van der Waals surface area contributed by atoms with Crippen molar-refractivity contribution in [2.45, 2.75) is 12.8 Å². The lowest BCUT2D eigenvalue weighted by atomic mass is 10.1. The van der Waals surface area contributed by atoms with Gasteiger partial charge in [0.1, 0.15) is 0 Å². The van der Waals surface area contributed by atoms with Crippen LogP contribution in [0.1, 0.15) is 12.0 Å². The highest BCUT2D eigenvalue weighted by Gasteiger charge is 2.18. The quantitative estimate of drug-likeness (QED) is 0.633. The number of aromatic hydroxyl groups is 1. The summed E-state index contributed by atoms with van der Waals surface area (Å²) < 4.78 is 13.2. The Balaban J connectivity index is 2.84. The number of aryl methyl sites for hydroxylation is 1. The molecule has 0 saturated carbocycles. The first-order valence-corrected chi connectivity index (χ1v) is 5.22. The second-order valence-electron chi connectivity index (χ2n) is 4.11. The van der Waals surface area contributed by atoms with E-state index in [1.807, 2.05) is 19.0 Å². The third kappa shape index (κ3) is 3.67. The van der Waals surface area contributed by atoms with Crippen LogP contribution in [0.25, 0.3) is 0 Å². The zero-order valence-corrected chi connectivity index (χ0v) is 9.81. The first-order valence-electron chi connectivity index (χ1n) is 5.22. The Hall–Kier alpha value is -1.69. The van der Waals surface area contributed by atoms with Gasteiger partial charge < -0.3 is 10.0 Å². The maximum Gasteiger partial charge on any atom is 0.314 e. The van der Waals surface area contributed by atoms with Gasteiger partial charge in [0.25, 0.3) is 0 Å². The molecule has 0 heterocycles. The molecule has 0 aliphatic heterocycles. The van der Waals surface area contributed by atoms with Crippen molar-refractivity contribution in [2.75, 3.05) is 20.6 Å². The van der Waals surface area contributed by atoms with Crippen LogP contribution in [-0.2, 0) is 6.42 Å². The summed E-state index contributed by atoms with van der Waals surface area (Å²) >= 11 is 0. The molecule has 0 bridgehead atoms. The Morgan fingerprint density at radius 3 is 2.65 bits per heavy atom. The number of nitro groups is 1. The van der Waals surface area contributed by atoms with E-state index in [0.29, 0.717) is 12.0 Å². The molecule has 0 aliphatic rings. The highest BCUT2D eigenvalue weighted by molar-refractivity contribution is 5.48. The first-order chi connectivity index (χ1) is 7.91. The SMILES string of the molecule is CN(C)CCCc1cc(F)c(O)c([N+](=O)[O-])c1. The molecule has 6 heteroatoms. The third-order valence-electron chi connectivity index (χ3n) is 2.37.